The third-order valence-corrected chi connectivity index (χ3v) is 4.79. The molecule has 0 unspecified atom stereocenters. The van der Waals surface area contributed by atoms with Crippen LogP contribution in [0.15, 0.2) is 18.5 Å². The van der Waals surface area contributed by atoms with Gasteiger partial charge in [-0.25, -0.2) is 0 Å². The van der Waals surface area contributed by atoms with Gasteiger partial charge in [-0.05, 0) is 18.9 Å². The number of rotatable bonds is 2. The van der Waals surface area contributed by atoms with Crippen LogP contribution in [0.4, 0.5) is 5.69 Å². The minimum absolute atomic E-state index is 0.772. The van der Waals surface area contributed by atoms with Gasteiger partial charge in [0, 0.05) is 44.6 Å². The standard InChI is InChI=1S/C15H22ClN3/c16-14-12-17-7-6-15(14)19-10-8-18(9-11-19)13-4-2-1-3-5-13/h6-7,12-13H,1-5,8-11H2. The van der Waals surface area contributed by atoms with Crippen molar-refractivity contribution in [3.05, 3.63) is 23.5 Å². The summed E-state index contributed by atoms with van der Waals surface area (Å²) < 4.78 is 0. The van der Waals surface area contributed by atoms with Crippen LogP contribution >= 0.6 is 11.6 Å². The summed E-state index contributed by atoms with van der Waals surface area (Å²) in [5, 5.41) is 0.772. The van der Waals surface area contributed by atoms with Crippen LogP contribution in [0.2, 0.25) is 5.02 Å². The number of hydrogen-bond donors (Lipinski definition) is 0. The fourth-order valence-corrected chi connectivity index (χ4v) is 3.64. The van der Waals surface area contributed by atoms with Crippen LogP contribution in [-0.2, 0) is 0 Å². The smallest absolute Gasteiger partial charge is 0.0822 e. The van der Waals surface area contributed by atoms with Crippen molar-refractivity contribution >= 4 is 17.3 Å². The second-order valence-electron chi connectivity index (χ2n) is 5.64. The molecule has 1 aliphatic carbocycles. The molecule has 1 aromatic heterocycles. The van der Waals surface area contributed by atoms with Crippen molar-refractivity contribution in [2.45, 2.75) is 38.1 Å². The van der Waals surface area contributed by atoms with Gasteiger partial charge in [-0.3, -0.25) is 9.88 Å². The first-order valence-electron chi connectivity index (χ1n) is 7.43. The third-order valence-electron chi connectivity index (χ3n) is 4.50. The molecule has 0 aromatic carbocycles. The van der Waals surface area contributed by atoms with E-state index in [9.17, 15) is 0 Å². The average Bonchev–Trinajstić information content (AvgIpc) is 2.49. The Morgan fingerprint density at radius 1 is 1.05 bits per heavy atom. The Hall–Kier alpha value is -0.800. The van der Waals surface area contributed by atoms with E-state index in [-0.39, 0.29) is 0 Å². The minimum atomic E-state index is 0.772. The Balaban J connectivity index is 1.58. The molecule has 2 fully saturated rings. The van der Waals surface area contributed by atoms with Crippen molar-refractivity contribution in [1.29, 1.82) is 0 Å². The van der Waals surface area contributed by atoms with Crippen LogP contribution in [-0.4, -0.2) is 42.1 Å². The van der Waals surface area contributed by atoms with E-state index in [2.05, 4.69) is 14.8 Å². The first kappa shape index (κ1) is 13.2. The van der Waals surface area contributed by atoms with Crippen molar-refractivity contribution < 1.29 is 0 Å². The van der Waals surface area contributed by atoms with Gasteiger partial charge in [0.15, 0.2) is 0 Å². The second kappa shape index (κ2) is 6.10. The first-order valence-corrected chi connectivity index (χ1v) is 7.81. The summed E-state index contributed by atoms with van der Waals surface area (Å²) in [5.74, 6) is 0. The predicted molar refractivity (Wildman–Crippen MR) is 79.9 cm³/mol. The van der Waals surface area contributed by atoms with Crippen LogP contribution in [0.3, 0.4) is 0 Å². The molecule has 0 spiro atoms. The van der Waals surface area contributed by atoms with Gasteiger partial charge in [-0.15, -0.1) is 0 Å². The minimum Gasteiger partial charge on any atom is -0.368 e. The third kappa shape index (κ3) is 3.03. The molecular formula is C15H22ClN3. The van der Waals surface area contributed by atoms with Gasteiger partial charge in [-0.1, -0.05) is 30.9 Å². The van der Waals surface area contributed by atoms with Crippen LogP contribution in [0.25, 0.3) is 0 Å². The lowest BCUT2D eigenvalue weighted by atomic mass is 9.94. The molecule has 1 saturated carbocycles. The fourth-order valence-electron chi connectivity index (χ4n) is 3.40. The average molecular weight is 280 g/mol. The van der Waals surface area contributed by atoms with Crippen molar-refractivity contribution in [2.75, 3.05) is 31.1 Å². The number of aromatic nitrogens is 1. The van der Waals surface area contributed by atoms with Crippen LogP contribution in [0.5, 0.6) is 0 Å². The van der Waals surface area contributed by atoms with Crippen LogP contribution < -0.4 is 4.90 Å². The molecule has 104 valence electrons. The van der Waals surface area contributed by atoms with E-state index in [4.69, 9.17) is 11.6 Å². The van der Waals surface area contributed by atoms with Gasteiger partial charge in [0.1, 0.15) is 0 Å². The number of anilines is 1. The summed E-state index contributed by atoms with van der Waals surface area (Å²) in [6.45, 7) is 4.51. The van der Waals surface area contributed by atoms with E-state index in [1.54, 1.807) is 6.20 Å². The molecule has 3 rings (SSSR count). The zero-order chi connectivity index (χ0) is 13.1. The number of hydrogen-bond acceptors (Lipinski definition) is 3. The number of nitrogens with zero attached hydrogens (tertiary/aromatic N) is 3. The molecule has 19 heavy (non-hydrogen) atoms. The lowest BCUT2D eigenvalue weighted by Crippen LogP contribution is -2.50. The van der Waals surface area contributed by atoms with Gasteiger partial charge < -0.3 is 4.90 Å². The van der Waals surface area contributed by atoms with E-state index < -0.39 is 0 Å². The predicted octanol–water partition coefficient (Wildman–Crippen LogP) is 3.19. The number of piperazine rings is 1. The molecule has 0 bridgehead atoms. The zero-order valence-corrected chi connectivity index (χ0v) is 12.1. The summed E-state index contributed by atoms with van der Waals surface area (Å²) >= 11 is 6.22. The van der Waals surface area contributed by atoms with Crippen LogP contribution in [0.1, 0.15) is 32.1 Å². The molecule has 2 heterocycles. The van der Waals surface area contributed by atoms with Crippen molar-refractivity contribution in [3.8, 4) is 0 Å². The largest absolute Gasteiger partial charge is 0.368 e. The molecule has 1 saturated heterocycles. The SMILES string of the molecule is Clc1cnccc1N1CCN(C2CCCCC2)CC1. The van der Waals surface area contributed by atoms with E-state index in [0.29, 0.717) is 0 Å². The summed E-state index contributed by atoms with van der Waals surface area (Å²) in [5.41, 5.74) is 1.14. The fraction of sp³-hybridized carbons (Fsp3) is 0.667. The highest BCUT2D eigenvalue weighted by Gasteiger charge is 2.25. The Morgan fingerprint density at radius 3 is 2.47 bits per heavy atom. The topological polar surface area (TPSA) is 19.4 Å². The summed E-state index contributed by atoms with van der Waals surface area (Å²) in [6, 6.07) is 2.86. The monoisotopic (exact) mass is 279 g/mol. The lowest BCUT2D eigenvalue weighted by Gasteiger charge is -2.41. The molecule has 0 N–H and O–H groups in total. The molecular weight excluding hydrogens is 258 g/mol. The molecule has 1 aliphatic heterocycles. The van der Waals surface area contributed by atoms with Crippen molar-refractivity contribution in [1.82, 2.24) is 9.88 Å². The maximum absolute atomic E-state index is 6.22. The first-order chi connectivity index (χ1) is 9.34. The Kier molecular flexibility index (Phi) is 4.24. The molecule has 0 atom stereocenters. The van der Waals surface area contributed by atoms with Crippen LogP contribution in [0, 0.1) is 0 Å². The number of halogens is 1. The highest BCUT2D eigenvalue weighted by Crippen LogP contribution is 2.27. The molecule has 2 aliphatic rings. The molecule has 1 aromatic rings. The Morgan fingerprint density at radius 2 is 1.79 bits per heavy atom. The van der Waals surface area contributed by atoms with Crippen molar-refractivity contribution in [3.63, 3.8) is 0 Å². The second-order valence-corrected chi connectivity index (χ2v) is 6.05. The Bertz CT molecular complexity index is 410. The van der Waals surface area contributed by atoms with E-state index in [1.807, 2.05) is 12.3 Å². The highest BCUT2D eigenvalue weighted by atomic mass is 35.5. The highest BCUT2D eigenvalue weighted by molar-refractivity contribution is 6.33. The Labute approximate surface area is 120 Å². The quantitative estimate of drug-likeness (QED) is 0.829. The van der Waals surface area contributed by atoms with E-state index >= 15 is 0 Å². The van der Waals surface area contributed by atoms with E-state index in [1.165, 1.54) is 45.2 Å². The molecule has 0 amide bonds. The van der Waals surface area contributed by atoms with Gasteiger partial charge in [-0.2, -0.15) is 0 Å². The van der Waals surface area contributed by atoms with E-state index in [0.717, 1.165) is 29.8 Å². The molecule has 3 nitrogen and oxygen atoms in total. The van der Waals surface area contributed by atoms with Crippen molar-refractivity contribution in [2.24, 2.45) is 0 Å². The van der Waals surface area contributed by atoms with Gasteiger partial charge >= 0.3 is 0 Å². The molecule has 4 heteroatoms. The normalized spacial score (nSPS) is 22.7. The van der Waals surface area contributed by atoms with Gasteiger partial charge in [0.25, 0.3) is 0 Å². The summed E-state index contributed by atoms with van der Waals surface area (Å²) in [6.07, 6.45) is 10.6. The number of pyridine rings is 1. The zero-order valence-electron chi connectivity index (χ0n) is 11.4. The summed E-state index contributed by atoms with van der Waals surface area (Å²) in [4.78, 5) is 9.14. The van der Waals surface area contributed by atoms with Gasteiger partial charge in [0.05, 0.1) is 10.7 Å². The van der Waals surface area contributed by atoms with Gasteiger partial charge in [0.2, 0.25) is 0 Å². The maximum Gasteiger partial charge on any atom is 0.0822 e. The maximum atomic E-state index is 6.22. The summed E-state index contributed by atoms with van der Waals surface area (Å²) in [7, 11) is 0. The lowest BCUT2D eigenvalue weighted by molar-refractivity contribution is 0.148. The molecule has 0 radical (unpaired) electrons.